The number of nitrogens with zero attached hydrogens (tertiary/aromatic N) is 3. The van der Waals surface area contributed by atoms with Crippen molar-refractivity contribution in [2.45, 2.75) is 25.8 Å². The first-order chi connectivity index (χ1) is 8.09. The predicted molar refractivity (Wildman–Crippen MR) is 58.5 cm³/mol. The number of aliphatic carboxylic acids is 1. The minimum Gasteiger partial charge on any atom is -0.480 e. The number of carbonyl (C=O) groups excluding carboxylic acids is 1. The molecular weight excluding hydrogens is 222 g/mol. The third-order valence-corrected chi connectivity index (χ3v) is 2.70. The summed E-state index contributed by atoms with van der Waals surface area (Å²) in [6.07, 6.45) is 4.53. The van der Waals surface area contributed by atoms with Crippen LogP contribution in [0.1, 0.15) is 28.9 Å². The van der Waals surface area contributed by atoms with Gasteiger partial charge in [-0.05, 0) is 19.8 Å². The van der Waals surface area contributed by atoms with Crippen molar-refractivity contribution >= 4 is 11.9 Å². The maximum absolute atomic E-state index is 12.2. The van der Waals surface area contributed by atoms with Crippen molar-refractivity contribution in [3.63, 3.8) is 0 Å². The average Bonchev–Trinajstić information content (AvgIpc) is 3.09. The Morgan fingerprint density at radius 3 is 2.76 bits per heavy atom. The predicted octanol–water partition coefficient (Wildman–Crippen LogP) is 0.474. The Labute approximate surface area is 98.3 Å². The number of hydrogen-bond acceptors (Lipinski definition) is 4. The summed E-state index contributed by atoms with van der Waals surface area (Å²) >= 11 is 0. The second-order valence-corrected chi connectivity index (χ2v) is 4.08. The Hall–Kier alpha value is -1.98. The monoisotopic (exact) mass is 235 g/mol. The van der Waals surface area contributed by atoms with Gasteiger partial charge in [-0.3, -0.25) is 9.59 Å². The molecule has 0 spiro atoms. The van der Waals surface area contributed by atoms with Crippen LogP contribution >= 0.6 is 0 Å². The van der Waals surface area contributed by atoms with E-state index in [1.165, 1.54) is 17.4 Å². The third-order valence-electron chi connectivity index (χ3n) is 2.70. The van der Waals surface area contributed by atoms with Gasteiger partial charge in [0.2, 0.25) is 0 Å². The number of amides is 1. The molecule has 17 heavy (non-hydrogen) atoms. The van der Waals surface area contributed by atoms with Crippen LogP contribution in [0.15, 0.2) is 12.5 Å². The third kappa shape index (κ3) is 2.58. The van der Waals surface area contributed by atoms with Crippen molar-refractivity contribution in [3.8, 4) is 0 Å². The van der Waals surface area contributed by atoms with E-state index in [1.54, 1.807) is 6.92 Å². The summed E-state index contributed by atoms with van der Waals surface area (Å²) in [5, 5.41) is 8.80. The summed E-state index contributed by atoms with van der Waals surface area (Å²) in [5.74, 6) is -1.30. The fraction of sp³-hybridized carbons (Fsp3) is 0.455. The smallest absolute Gasteiger partial charge is 0.323 e. The number of hydrogen-bond donors (Lipinski definition) is 1. The van der Waals surface area contributed by atoms with Crippen molar-refractivity contribution in [2.24, 2.45) is 0 Å². The highest BCUT2D eigenvalue weighted by atomic mass is 16.4. The molecule has 0 aromatic carbocycles. The van der Waals surface area contributed by atoms with Gasteiger partial charge in [-0.2, -0.15) is 0 Å². The van der Waals surface area contributed by atoms with E-state index in [-0.39, 0.29) is 18.5 Å². The number of carboxylic acid groups (broad SMARTS) is 1. The fourth-order valence-electron chi connectivity index (χ4n) is 1.65. The first kappa shape index (κ1) is 11.5. The van der Waals surface area contributed by atoms with Gasteiger partial charge in [-0.15, -0.1) is 0 Å². The van der Waals surface area contributed by atoms with Gasteiger partial charge in [0.05, 0.1) is 11.3 Å². The van der Waals surface area contributed by atoms with Gasteiger partial charge >= 0.3 is 5.97 Å². The van der Waals surface area contributed by atoms with Crippen molar-refractivity contribution in [2.75, 3.05) is 6.54 Å². The number of rotatable bonds is 4. The van der Waals surface area contributed by atoms with Crippen molar-refractivity contribution in [1.82, 2.24) is 14.9 Å². The molecule has 6 nitrogen and oxygen atoms in total. The maximum Gasteiger partial charge on any atom is 0.323 e. The van der Waals surface area contributed by atoms with Crippen LogP contribution < -0.4 is 0 Å². The molecule has 0 saturated heterocycles. The fourth-order valence-corrected chi connectivity index (χ4v) is 1.65. The van der Waals surface area contributed by atoms with Crippen LogP contribution in [0.4, 0.5) is 0 Å². The van der Waals surface area contributed by atoms with Gasteiger partial charge in [-0.1, -0.05) is 0 Å². The summed E-state index contributed by atoms with van der Waals surface area (Å²) < 4.78 is 0. The molecule has 0 radical (unpaired) electrons. The van der Waals surface area contributed by atoms with E-state index in [1.807, 2.05) is 0 Å². The van der Waals surface area contributed by atoms with E-state index < -0.39 is 5.97 Å². The zero-order valence-electron chi connectivity index (χ0n) is 9.46. The molecule has 0 unspecified atom stereocenters. The van der Waals surface area contributed by atoms with Crippen molar-refractivity contribution in [3.05, 3.63) is 23.8 Å². The Balaban J connectivity index is 2.22. The van der Waals surface area contributed by atoms with Gasteiger partial charge in [0.25, 0.3) is 5.91 Å². The first-order valence-electron chi connectivity index (χ1n) is 5.39. The Kier molecular flexibility index (Phi) is 3.03. The topological polar surface area (TPSA) is 83.4 Å². The minimum absolute atomic E-state index is 0.0539. The number of carbonyl (C=O) groups is 2. The first-order valence-corrected chi connectivity index (χ1v) is 5.39. The molecule has 0 aliphatic heterocycles. The molecule has 0 atom stereocenters. The maximum atomic E-state index is 12.2. The summed E-state index contributed by atoms with van der Waals surface area (Å²) in [4.78, 5) is 32.0. The van der Waals surface area contributed by atoms with Gasteiger partial charge < -0.3 is 10.0 Å². The van der Waals surface area contributed by atoms with Gasteiger partial charge in [0.1, 0.15) is 12.9 Å². The molecule has 90 valence electrons. The lowest BCUT2D eigenvalue weighted by Crippen LogP contribution is -2.37. The Morgan fingerprint density at radius 1 is 1.53 bits per heavy atom. The highest BCUT2D eigenvalue weighted by molar-refractivity contribution is 5.96. The molecule has 6 heteroatoms. The zero-order valence-corrected chi connectivity index (χ0v) is 9.46. The van der Waals surface area contributed by atoms with Crippen LogP contribution in [-0.2, 0) is 4.79 Å². The largest absolute Gasteiger partial charge is 0.480 e. The SMILES string of the molecule is Cc1ncncc1C(=O)N(CC(=O)O)C1CC1. The van der Waals surface area contributed by atoms with Gasteiger partial charge in [0.15, 0.2) is 0 Å². The molecule has 1 aliphatic carbocycles. The van der Waals surface area contributed by atoms with E-state index in [0.717, 1.165) is 12.8 Å². The summed E-state index contributed by atoms with van der Waals surface area (Å²) in [7, 11) is 0. The van der Waals surface area contributed by atoms with Crippen molar-refractivity contribution < 1.29 is 14.7 Å². The van der Waals surface area contributed by atoms with Crippen LogP contribution in [0.2, 0.25) is 0 Å². The highest BCUT2D eigenvalue weighted by Crippen LogP contribution is 2.28. The molecule has 2 rings (SSSR count). The van der Waals surface area contributed by atoms with E-state index in [0.29, 0.717) is 11.3 Å². The van der Waals surface area contributed by atoms with E-state index in [2.05, 4.69) is 9.97 Å². The average molecular weight is 235 g/mol. The second-order valence-electron chi connectivity index (χ2n) is 4.08. The van der Waals surface area contributed by atoms with E-state index in [9.17, 15) is 9.59 Å². The molecule has 1 fully saturated rings. The van der Waals surface area contributed by atoms with Crippen LogP contribution in [0.25, 0.3) is 0 Å². The Morgan fingerprint density at radius 2 is 2.24 bits per heavy atom. The molecule has 1 aromatic rings. The molecule has 1 saturated carbocycles. The number of aromatic nitrogens is 2. The molecule has 1 heterocycles. The number of aryl methyl sites for hydroxylation is 1. The molecule has 1 aromatic heterocycles. The van der Waals surface area contributed by atoms with Crippen LogP contribution in [0, 0.1) is 6.92 Å². The van der Waals surface area contributed by atoms with Crippen LogP contribution in [0.3, 0.4) is 0 Å². The quantitative estimate of drug-likeness (QED) is 0.820. The normalized spacial score (nSPS) is 14.4. The number of carboxylic acids is 1. The summed E-state index contributed by atoms with van der Waals surface area (Å²) in [5.41, 5.74) is 0.946. The lowest BCUT2D eigenvalue weighted by Gasteiger charge is -2.20. The lowest BCUT2D eigenvalue weighted by atomic mass is 10.2. The van der Waals surface area contributed by atoms with Crippen LogP contribution in [0.5, 0.6) is 0 Å². The second kappa shape index (κ2) is 4.48. The lowest BCUT2D eigenvalue weighted by molar-refractivity contribution is -0.137. The van der Waals surface area contributed by atoms with Crippen LogP contribution in [-0.4, -0.2) is 44.4 Å². The molecular formula is C11H13N3O3. The molecule has 1 amide bonds. The van der Waals surface area contributed by atoms with Gasteiger partial charge in [0, 0.05) is 12.2 Å². The highest BCUT2D eigenvalue weighted by Gasteiger charge is 2.34. The van der Waals surface area contributed by atoms with E-state index in [4.69, 9.17) is 5.11 Å². The summed E-state index contributed by atoms with van der Waals surface area (Å²) in [6.45, 7) is 1.44. The van der Waals surface area contributed by atoms with Crippen molar-refractivity contribution in [1.29, 1.82) is 0 Å². The van der Waals surface area contributed by atoms with E-state index >= 15 is 0 Å². The molecule has 1 N–H and O–H groups in total. The molecule has 1 aliphatic rings. The summed E-state index contributed by atoms with van der Waals surface area (Å²) in [6, 6.07) is 0.0539. The molecule has 0 bridgehead atoms. The minimum atomic E-state index is -1.00. The standard InChI is InChI=1S/C11H13N3O3/c1-7-9(4-12-6-13-7)11(17)14(5-10(15)16)8-2-3-8/h4,6,8H,2-3,5H2,1H3,(H,15,16). The van der Waals surface area contributed by atoms with Gasteiger partial charge in [-0.25, -0.2) is 9.97 Å². The Bertz CT molecular complexity index is 457. The zero-order chi connectivity index (χ0) is 12.4.